The van der Waals surface area contributed by atoms with Crippen LogP contribution in [0.2, 0.25) is 0 Å². The minimum Gasteiger partial charge on any atom is -0.423 e. The summed E-state index contributed by atoms with van der Waals surface area (Å²) < 4.78 is 5.60. The van der Waals surface area contributed by atoms with Crippen LogP contribution >= 0.6 is 11.6 Å². The van der Waals surface area contributed by atoms with Crippen LogP contribution in [-0.4, -0.2) is 10.2 Å². The fraction of sp³-hybridized carbons (Fsp3) is 0.385. The first-order valence-corrected chi connectivity index (χ1v) is 6.18. The maximum Gasteiger partial charge on any atom is 0.234 e. The van der Waals surface area contributed by atoms with Crippen molar-refractivity contribution < 1.29 is 4.42 Å². The molecule has 0 N–H and O–H groups in total. The predicted octanol–water partition coefficient (Wildman–Crippen LogP) is 3.91. The molecule has 2 aromatic rings. The zero-order chi connectivity index (χ0) is 12.3. The van der Waals surface area contributed by atoms with E-state index in [4.69, 9.17) is 16.0 Å². The molecule has 1 aromatic carbocycles. The molecule has 0 aliphatic rings. The minimum atomic E-state index is -0.246. The number of nitrogens with zero attached hydrogens (tertiary/aromatic N) is 2. The van der Waals surface area contributed by atoms with E-state index in [0.29, 0.717) is 11.8 Å². The minimum absolute atomic E-state index is 0.146. The summed E-state index contributed by atoms with van der Waals surface area (Å²) >= 11 is 5.91. The Morgan fingerprint density at radius 2 is 1.82 bits per heavy atom. The molecule has 0 spiro atoms. The first-order chi connectivity index (χ1) is 8.22. The van der Waals surface area contributed by atoms with E-state index in [-0.39, 0.29) is 11.3 Å². The number of halogens is 1. The maximum absolute atomic E-state index is 5.91. The Hall–Kier alpha value is -1.35. The van der Waals surface area contributed by atoms with Crippen molar-refractivity contribution in [3.8, 4) is 0 Å². The number of aromatic nitrogens is 2. The van der Waals surface area contributed by atoms with Crippen molar-refractivity contribution in [1.29, 1.82) is 0 Å². The normalized spacial score (nSPS) is 14.5. The Morgan fingerprint density at radius 3 is 2.35 bits per heavy atom. The third-order valence-corrected chi connectivity index (χ3v) is 2.89. The van der Waals surface area contributed by atoms with Crippen molar-refractivity contribution in [2.45, 2.75) is 31.6 Å². The van der Waals surface area contributed by atoms with Crippen LogP contribution in [0.4, 0.5) is 0 Å². The fourth-order valence-corrected chi connectivity index (χ4v) is 1.87. The lowest BCUT2D eigenvalue weighted by Gasteiger charge is -2.10. The quantitative estimate of drug-likeness (QED) is 0.773. The summed E-state index contributed by atoms with van der Waals surface area (Å²) in [5.74, 6) is 1.27. The highest BCUT2D eigenvalue weighted by molar-refractivity contribution is 6.20. The molecule has 17 heavy (non-hydrogen) atoms. The summed E-state index contributed by atoms with van der Waals surface area (Å²) in [5, 5.41) is 7.80. The summed E-state index contributed by atoms with van der Waals surface area (Å²) in [6.07, 6.45) is 0.919. The van der Waals surface area contributed by atoms with Gasteiger partial charge in [-0.1, -0.05) is 37.3 Å². The molecular weight excluding hydrogens is 236 g/mol. The Labute approximate surface area is 106 Å². The lowest BCUT2D eigenvalue weighted by atomic mass is 9.97. The van der Waals surface area contributed by atoms with Crippen molar-refractivity contribution in [3.63, 3.8) is 0 Å². The number of benzene rings is 1. The van der Waals surface area contributed by atoms with E-state index in [1.165, 1.54) is 5.56 Å². The molecule has 0 saturated carbocycles. The van der Waals surface area contributed by atoms with Gasteiger partial charge in [0, 0.05) is 0 Å². The first-order valence-electron chi connectivity index (χ1n) is 5.74. The highest BCUT2D eigenvalue weighted by Crippen LogP contribution is 2.28. The number of hydrogen-bond acceptors (Lipinski definition) is 3. The summed E-state index contributed by atoms with van der Waals surface area (Å²) in [6.45, 7) is 3.92. The van der Waals surface area contributed by atoms with E-state index in [0.717, 1.165) is 6.42 Å². The topological polar surface area (TPSA) is 38.9 Å². The zero-order valence-electron chi connectivity index (χ0n) is 9.93. The van der Waals surface area contributed by atoms with Gasteiger partial charge in [-0.25, -0.2) is 0 Å². The van der Waals surface area contributed by atoms with Crippen molar-refractivity contribution >= 4 is 11.6 Å². The van der Waals surface area contributed by atoms with E-state index in [9.17, 15) is 0 Å². The monoisotopic (exact) mass is 250 g/mol. The van der Waals surface area contributed by atoms with E-state index in [1.54, 1.807) is 0 Å². The van der Waals surface area contributed by atoms with Gasteiger partial charge >= 0.3 is 0 Å². The van der Waals surface area contributed by atoms with Crippen LogP contribution in [-0.2, 0) is 0 Å². The van der Waals surface area contributed by atoms with Crippen molar-refractivity contribution in [2.24, 2.45) is 0 Å². The maximum atomic E-state index is 5.91. The Bertz CT molecular complexity index is 467. The molecule has 1 heterocycles. The van der Waals surface area contributed by atoms with Gasteiger partial charge in [-0.05, 0) is 18.9 Å². The molecule has 90 valence electrons. The van der Waals surface area contributed by atoms with E-state index in [2.05, 4.69) is 29.3 Å². The highest BCUT2D eigenvalue weighted by atomic mass is 35.5. The van der Waals surface area contributed by atoms with Gasteiger partial charge in [-0.3, -0.25) is 0 Å². The molecule has 1 aromatic heterocycles. The highest BCUT2D eigenvalue weighted by Gasteiger charge is 2.20. The van der Waals surface area contributed by atoms with E-state index >= 15 is 0 Å². The van der Waals surface area contributed by atoms with Gasteiger partial charge in [0.15, 0.2) is 0 Å². The van der Waals surface area contributed by atoms with Crippen LogP contribution in [0, 0.1) is 0 Å². The van der Waals surface area contributed by atoms with Crippen LogP contribution < -0.4 is 0 Å². The molecule has 2 unspecified atom stereocenters. The van der Waals surface area contributed by atoms with Crippen molar-refractivity contribution in [2.75, 3.05) is 0 Å². The lowest BCUT2D eigenvalue weighted by Crippen LogP contribution is -1.99. The average molecular weight is 251 g/mol. The van der Waals surface area contributed by atoms with Crippen LogP contribution in [0.5, 0.6) is 0 Å². The number of alkyl halides is 1. The third-order valence-electron chi connectivity index (χ3n) is 2.70. The SMILES string of the molecule is CCC(c1ccccc1)c1nnc(C(C)Cl)o1. The van der Waals surface area contributed by atoms with Gasteiger partial charge in [0.1, 0.15) is 5.38 Å². The molecule has 0 saturated heterocycles. The number of hydrogen-bond donors (Lipinski definition) is 0. The van der Waals surface area contributed by atoms with E-state index in [1.807, 2.05) is 25.1 Å². The van der Waals surface area contributed by atoms with Gasteiger partial charge in [0.25, 0.3) is 0 Å². The van der Waals surface area contributed by atoms with Gasteiger partial charge < -0.3 is 4.42 Å². The molecular formula is C13H15ClN2O. The fourth-order valence-electron chi connectivity index (χ4n) is 1.79. The predicted molar refractivity (Wildman–Crippen MR) is 67.1 cm³/mol. The van der Waals surface area contributed by atoms with Crippen LogP contribution in [0.15, 0.2) is 34.7 Å². The summed E-state index contributed by atoms with van der Waals surface area (Å²) in [5.41, 5.74) is 1.19. The van der Waals surface area contributed by atoms with Gasteiger partial charge in [-0.2, -0.15) is 0 Å². The first kappa shape index (κ1) is 12.1. The molecule has 2 atom stereocenters. The van der Waals surface area contributed by atoms with Crippen LogP contribution in [0.3, 0.4) is 0 Å². The largest absolute Gasteiger partial charge is 0.423 e. The molecule has 0 fully saturated rings. The molecule has 0 amide bonds. The second kappa shape index (κ2) is 5.32. The second-order valence-corrected chi connectivity index (χ2v) is 4.62. The molecule has 2 rings (SSSR count). The zero-order valence-corrected chi connectivity index (χ0v) is 10.7. The Morgan fingerprint density at radius 1 is 1.18 bits per heavy atom. The average Bonchev–Trinajstić information content (AvgIpc) is 2.81. The second-order valence-electron chi connectivity index (χ2n) is 3.97. The summed E-state index contributed by atoms with van der Waals surface area (Å²) in [7, 11) is 0. The lowest BCUT2D eigenvalue weighted by molar-refractivity contribution is 0.428. The smallest absolute Gasteiger partial charge is 0.234 e. The van der Waals surface area contributed by atoms with Gasteiger partial charge in [0.05, 0.1) is 5.92 Å². The molecule has 0 aliphatic heterocycles. The van der Waals surface area contributed by atoms with Crippen molar-refractivity contribution in [1.82, 2.24) is 10.2 Å². The summed E-state index contributed by atoms with van der Waals surface area (Å²) in [6, 6.07) is 10.2. The third kappa shape index (κ3) is 2.67. The van der Waals surface area contributed by atoms with Gasteiger partial charge in [0.2, 0.25) is 11.8 Å². The van der Waals surface area contributed by atoms with Crippen LogP contribution in [0.1, 0.15) is 48.9 Å². The van der Waals surface area contributed by atoms with Crippen LogP contribution in [0.25, 0.3) is 0 Å². The molecule has 0 bridgehead atoms. The number of rotatable bonds is 4. The van der Waals surface area contributed by atoms with E-state index < -0.39 is 0 Å². The van der Waals surface area contributed by atoms with Gasteiger partial charge in [-0.15, -0.1) is 21.8 Å². The molecule has 4 heteroatoms. The molecule has 0 radical (unpaired) electrons. The Kier molecular flexibility index (Phi) is 3.79. The summed E-state index contributed by atoms with van der Waals surface area (Å²) in [4.78, 5) is 0. The standard InChI is InChI=1S/C13H15ClN2O/c1-3-11(10-7-5-4-6-8-10)13-16-15-12(17-13)9(2)14/h4-9,11H,3H2,1-2H3. The van der Waals surface area contributed by atoms with Crippen molar-refractivity contribution in [3.05, 3.63) is 47.7 Å². The Balaban J connectivity index is 2.29. The molecule has 0 aliphatic carbocycles. The molecule has 3 nitrogen and oxygen atoms in total.